The highest BCUT2D eigenvalue weighted by molar-refractivity contribution is 7.14. The normalized spacial score (nSPS) is 25.3. The second kappa shape index (κ2) is 7.00. The highest BCUT2D eigenvalue weighted by atomic mass is 32.1. The van der Waals surface area contributed by atoms with E-state index in [0.29, 0.717) is 22.7 Å². The van der Waals surface area contributed by atoms with Gasteiger partial charge in [0.15, 0.2) is 0 Å². The van der Waals surface area contributed by atoms with Gasteiger partial charge in [-0.2, -0.15) is 0 Å². The van der Waals surface area contributed by atoms with Crippen LogP contribution in [0.5, 0.6) is 0 Å². The number of fused-ring (bicyclic) bond motifs is 2. The number of amides is 2. The van der Waals surface area contributed by atoms with E-state index in [9.17, 15) is 19.5 Å². The maximum absolute atomic E-state index is 12.8. The van der Waals surface area contributed by atoms with Crippen molar-refractivity contribution >= 4 is 39.8 Å². The summed E-state index contributed by atoms with van der Waals surface area (Å²) in [7, 11) is 0. The number of para-hydroxylation sites is 1. The first-order valence-corrected chi connectivity index (χ1v) is 9.58. The topological polar surface area (TPSA) is 95.5 Å². The molecule has 6 nitrogen and oxygen atoms in total. The summed E-state index contributed by atoms with van der Waals surface area (Å²) < 4.78 is 0. The van der Waals surface area contributed by atoms with Gasteiger partial charge in [0, 0.05) is 5.69 Å². The number of carbonyl (C=O) groups is 3. The molecule has 4 rings (SSSR count). The van der Waals surface area contributed by atoms with Gasteiger partial charge in [0.25, 0.3) is 5.91 Å². The molecule has 2 bridgehead atoms. The molecule has 3 N–H and O–H groups in total. The number of benzene rings is 1. The van der Waals surface area contributed by atoms with E-state index in [0.717, 1.165) is 0 Å². The van der Waals surface area contributed by atoms with Crippen molar-refractivity contribution in [1.82, 2.24) is 0 Å². The number of hydrogen-bond acceptors (Lipinski definition) is 4. The summed E-state index contributed by atoms with van der Waals surface area (Å²) in [6.07, 6.45) is 4.53. The van der Waals surface area contributed by atoms with E-state index >= 15 is 0 Å². The smallest absolute Gasteiger partial charge is 0.307 e. The highest BCUT2D eigenvalue weighted by Gasteiger charge is 2.51. The number of carbonyl (C=O) groups excluding carboxylic acids is 2. The van der Waals surface area contributed by atoms with E-state index in [-0.39, 0.29) is 23.7 Å². The van der Waals surface area contributed by atoms with E-state index in [1.165, 1.54) is 11.3 Å². The molecule has 1 aromatic heterocycles. The molecule has 2 aliphatic carbocycles. The Balaban J connectivity index is 1.50. The third-order valence-electron chi connectivity index (χ3n) is 5.23. The van der Waals surface area contributed by atoms with Crippen LogP contribution in [0.4, 0.5) is 10.7 Å². The van der Waals surface area contributed by atoms with Crippen LogP contribution in [-0.4, -0.2) is 22.9 Å². The Labute approximate surface area is 159 Å². The minimum absolute atomic E-state index is 0.0577. The lowest BCUT2D eigenvalue weighted by Gasteiger charge is -2.23. The minimum atomic E-state index is -0.944. The first-order chi connectivity index (χ1) is 13.0. The quantitative estimate of drug-likeness (QED) is 0.690. The van der Waals surface area contributed by atoms with Crippen molar-refractivity contribution in [3.8, 4) is 0 Å². The lowest BCUT2D eigenvalue weighted by atomic mass is 9.82. The monoisotopic (exact) mass is 382 g/mol. The summed E-state index contributed by atoms with van der Waals surface area (Å²) in [4.78, 5) is 37.0. The Kier molecular flexibility index (Phi) is 4.53. The van der Waals surface area contributed by atoms with Crippen LogP contribution in [-0.2, 0) is 9.59 Å². The van der Waals surface area contributed by atoms with Crippen LogP contribution in [0.25, 0.3) is 0 Å². The zero-order valence-corrected chi connectivity index (χ0v) is 15.1. The number of hydrogen-bond donors (Lipinski definition) is 3. The summed E-state index contributed by atoms with van der Waals surface area (Å²) >= 11 is 1.25. The number of rotatable bonds is 5. The average molecular weight is 382 g/mol. The van der Waals surface area contributed by atoms with Gasteiger partial charge in [0.05, 0.1) is 17.4 Å². The molecule has 1 fully saturated rings. The first-order valence-electron chi connectivity index (χ1n) is 8.70. The molecule has 7 heteroatoms. The first kappa shape index (κ1) is 17.5. The lowest BCUT2D eigenvalue weighted by Crippen LogP contribution is -2.36. The van der Waals surface area contributed by atoms with Gasteiger partial charge in [-0.25, -0.2) is 0 Å². The fourth-order valence-corrected chi connectivity index (χ4v) is 4.80. The van der Waals surface area contributed by atoms with Crippen molar-refractivity contribution in [3.05, 3.63) is 59.5 Å². The predicted molar refractivity (Wildman–Crippen MR) is 103 cm³/mol. The van der Waals surface area contributed by atoms with Gasteiger partial charge >= 0.3 is 5.97 Å². The molecular formula is C20H18N2O4S. The van der Waals surface area contributed by atoms with Crippen LogP contribution in [0.2, 0.25) is 0 Å². The molecule has 1 saturated carbocycles. The van der Waals surface area contributed by atoms with Gasteiger partial charge in [-0.3, -0.25) is 14.4 Å². The van der Waals surface area contributed by atoms with Gasteiger partial charge in [-0.05, 0) is 41.8 Å². The van der Waals surface area contributed by atoms with E-state index in [2.05, 4.69) is 10.6 Å². The molecule has 0 aliphatic heterocycles. The molecule has 2 amide bonds. The molecule has 0 radical (unpaired) electrons. The lowest BCUT2D eigenvalue weighted by molar-refractivity contribution is -0.146. The molecule has 4 atom stereocenters. The molecule has 27 heavy (non-hydrogen) atoms. The van der Waals surface area contributed by atoms with E-state index in [1.807, 2.05) is 30.4 Å². The molecule has 0 unspecified atom stereocenters. The summed E-state index contributed by atoms with van der Waals surface area (Å²) in [6.45, 7) is 0. The van der Waals surface area contributed by atoms with Gasteiger partial charge in [-0.15, -0.1) is 11.3 Å². The Bertz CT molecular complexity index is 921. The summed E-state index contributed by atoms with van der Waals surface area (Å²) in [6, 6.07) is 10.7. The van der Waals surface area contributed by atoms with Gasteiger partial charge in [-0.1, -0.05) is 30.4 Å². The zero-order valence-electron chi connectivity index (χ0n) is 14.3. The van der Waals surface area contributed by atoms with E-state index in [4.69, 9.17) is 0 Å². The zero-order chi connectivity index (χ0) is 19.0. The summed E-state index contributed by atoms with van der Waals surface area (Å²) in [5, 5.41) is 17.3. The van der Waals surface area contributed by atoms with Crippen molar-refractivity contribution in [2.45, 2.75) is 6.42 Å². The number of allylic oxidation sites excluding steroid dienone is 2. The number of carboxylic acid groups (broad SMARTS) is 1. The Morgan fingerprint density at radius 1 is 0.963 bits per heavy atom. The van der Waals surface area contributed by atoms with Crippen LogP contribution in [0.3, 0.4) is 0 Å². The van der Waals surface area contributed by atoms with E-state index < -0.39 is 17.8 Å². The van der Waals surface area contributed by atoms with Crippen molar-refractivity contribution in [2.75, 3.05) is 10.6 Å². The summed E-state index contributed by atoms with van der Waals surface area (Å²) in [5.41, 5.74) is 1.03. The van der Waals surface area contributed by atoms with Crippen molar-refractivity contribution in [1.29, 1.82) is 0 Å². The van der Waals surface area contributed by atoms with Crippen LogP contribution in [0, 0.1) is 23.7 Å². The third-order valence-corrected chi connectivity index (χ3v) is 6.06. The number of nitrogens with one attached hydrogen (secondary N) is 2. The molecule has 0 spiro atoms. The molecule has 0 saturated heterocycles. The predicted octanol–water partition coefficient (Wildman–Crippen LogP) is 3.46. The molecule has 1 aromatic carbocycles. The van der Waals surface area contributed by atoms with Gasteiger partial charge < -0.3 is 15.7 Å². The molecule has 1 heterocycles. The summed E-state index contributed by atoms with van der Waals surface area (Å²) in [5.74, 6) is -3.06. The Morgan fingerprint density at radius 2 is 1.67 bits per heavy atom. The number of thiophene rings is 1. The Morgan fingerprint density at radius 3 is 2.37 bits per heavy atom. The number of aliphatic carboxylic acids is 1. The standard InChI is InChI=1S/C20H18N2O4S/c23-17(21-13-4-2-1-3-5-13)14-8-9-27-19(14)22-18(24)15-11-6-7-12(10-11)16(15)20(25)26/h1-9,11-12,15-16H,10H2,(H,21,23)(H,22,24)(H,25,26)/t11-,12-,15+,16+/m0/s1. The fourth-order valence-electron chi connectivity index (χ4n) is 4.02. The largest absolute Gasteiger partial charge is 0.481 e. The molecule has 2 aliphatic rings. The van der Waals surface area contributed by atoms with E-state index in [1.54, 1.807) is 23.6 Å². The maximum atomic E-state index is 12.8. The average Bonchev–Trinajstić information content (AvgIpc) is 3.37. The molecule has 2 aromatic rings. The maximum Gasteiger partial charge on any atom is 0.307 e. The third kappa shape index (κ3) is 3.26. The van der Waals surface area contributed by atoms with Gasteiger partial charge in [0.1, 0.15) is 5.00 Å². The van der Waals surface area contributed by atoms with Crippen LogP contribution < -0.4 is 10.6 Å². The molecular weight excluding hydrogens is 364 g/mol. The number of carboxylic acids is 1. The highest BCUT2D eigenvalue weighted by Crippen LogP contribution is 2.48. The fraction of sp³-hybridized carbons (Fsp3) is 0.250. The van der Waals surface area contributed by atoms with Crippen molar-refractivity contribution in [2.24, 2.45) is 23.7 Å². The second-order valence-corrected chi connectivity index (χ2v) is 7.73. The second-order valence-electron chi connectivity index (χ2n) is 6.81. The van der Waals surface area contributed by atoms with Crippen molar-refractivity contribution in [3.63, 3.8) is 0 Å². The minimum Gasteiger partial charge on any atom is -0.481 e. The molecule has 138 valence electrons. The van der Waals surface area contributed by atoms with Crippen LogP contribution in [0.15, 0.2) is 53.9 Å². The van der Waals surface area contributed by atoms with Crippen molar-refractivity contribution < 1.29 is 19.5 Å². The van der Waals surface area contributed by atoms with Crippen LogP contribution in [0.1, 0.15) is 16.8 Å². The Hall–Kier alpha value is -2.93. The SMILES string of the molecule is O=C(Nc1ccccc1)c1ccsc1NC(=O)[C@H]1[C@H](C(=O)O)[C@H]2C=C[C@H]1C2. The van der Waals surface area contributed by atoms with Crippen LogP contribution >= 0.6 is 11.3 Å². The number of anilines is 2. The van der Waals surface area contributed by atoms with Gasteiger partial charge in [0.2, 0.25) is 5.91 Å².